The Labute approximate surface area is 111 Å². The number of hydrogen-bond acceptors (Lipinski definition) is 4. The predicted octanol–water partition coefficient (Wildman–Crippen LogP) is 1.67. The molecule has 0 fully saturated rings. The van der Waals surface area contributed by atoms with E-state index < -0.39 is 15.8 Å². The van der Waals surface area contributed by atoms with Crippen LogP contribution in [0.1, 0.15) is 10.4 Å². The second kappa shape index (κ2) is 4.89. The molecule has 0 unspecified atom stereocenters. The van der Waals surface area contributed by atoms with E-state index in [0.717, 1.165) is 6.26 Å². The monoisotopic (exact) mass is 279 g/mol. The van der Waals surface area contributed by atoms with Gasteiger partial charge in [-0.2, -0.15) is 0 Å². The molecule has 0 spiro atoms. The van der Waals surface area contributed by atoms with Crippen LogP contribution in [0.3, 0.4) is 0 Å². The van der Waals surface area contributed by atoms with E-state index in [1.165, 1.54) is 19.4 Å². The largest absolute Gasteiger partial charge is 0.465 e. The van der Waals surface area contributed by atoms with Gasteiger partial charge in [-0.3, -0.25) is 0 Å². The number of aromatic nitrogens is 1. The molecule has 0 aliphatic heterocycles. The number of esters is 1. The Kier molecular flexibility index (Phi) is 3.44. The first-order chi connectivity index (χ1) is 8.91. The van der Waals surface area contributed by atoms with E-state index in [1.54, 1.807) is 35.0 Å². The fraction of sp³-hybridized carbons (Fsp3) is 0.154. The minimum Gasteiger partial charge on any atom is -0.465 e. The highest BCUT2D eigenvalue weighted by Gasteiger charge is 2.10. The zero-order valence-corrected chi connectivity index (χ0v) is 11.3. The SMILES string of the molecule is COC(=O)c1cccc(-n2ccc(S(C)(=O)=O)c2)c1. The third kappa shape index (κ3) is 2.85. The van der Waals surface area contributed by atoms with Crippen molar-refractivity contribution in [2.24, 2.45) is 0 Å². The topological polar surface area (TPSA) is 65.4 Å². The number of carbonyl (C=O) groups is 1. The van der Waals surface area contributed by atoms with Crippen LogP contribution in [-0.4, -0.2) is 32.3 Å². The van der Waals surface area contributed by atoms with Crippen molar-refractivity contribution in [2.75, 3.05) is 13.4 Å². The van der Waals surface area contributed by atoms with Crippen molar-refractivity contribution in [3.63, 3.8) is 0 Å². The molecule has 0 aliphatic carbocycles. The van der Waals surface area contributed by atoms with Crippen LogP contribution in [0.25, 0.3) is 5.69 Å². The zero-order valence-electron chi connectivity index (χ0n) is 10.5. The van der Waals surface area contributed by atoms with E-state index in [4.69, 9.17) is 0 Å². The second-order valence-corrected chi connectivity index (χ2v) is 6.08. The van der Waals surface area contributed by atoms with Crippen molar-refractivity contribution >= 4 is 15.8 Å². The molecular formula is C13H13NO4S. The molecule has 0 saturated heterocycles. The first-order valence-electron chi connectivity index (χ1n) is 5.48. The maximum atomic E-state index is 11.4. The van der Waals surface area contributed by atoms with Gasteiger partial charge in [0.25, 0.3) is 0 Å². The Morgan fingerprint density at radius 2 is 2.00 bits per heavy atom. The van der Waals surface area contributed by atoms with E-state index >= 15 is 0 Å². The Hall–Kier alpha value is -2.08. The van der Waals surface area contributed by atoms with Crippen molar-refractivity contribution < 1.29 is 17.9 Å². The van der Waals surface area contributed by atoms with Gasteiger partial charge in [0.1, 0.15) is 0 Å². The number of rotatable bonds is 3. The summed E-state index contributed by atoms with van der Waals surface area (Å²) in [4.78, 5) is 11.7. The van der Waals surface area contributed by atoms with Gasteiger partial charge in [0.15, 0.2) is 9.84 Å². The molecule has 6 heteroatoms. The highest BCUT2D eigenvalue weighted by Crippen LogP contribution is 2.16. The van der Waals surface area contributed by atoms with Crippen LogP contribution >= 0.6 is 0 Å². The first kappa shape index (κ1) is 13.4. The third-order valence-electron chi connectivity index (χ3n) is 2.66. The van der Waals surface area contributed by atoms with E-state index in [2.05, 4.69) is 4.74 Å². The number of hydrogen-bond donors (Lipinski definition) is 0. The van der Waals surface area contributed by atoms with Crippen LogP contribution < -0.4 is 0 Å². The molecule has 5 nitrogen and oxygen atoms in total. The molecule has 0 saturated carbocycles. The Balaban J connectivity index is 2.42. The molecule has 0 radical (unpaired) electrons. The van der Waals surface area contributed by atoms with Gasteiger partial charge in [-0.25, -0.2) is 13.2 Å². The number of ether oxygens (including phenoxy) is 1. The smallest absolute Gasteiger partial charge is 0.337 e. The van der Waals surface area contributed by atoms with E-state index in [1.807, 2.05) is 0 Å². The van der Waals surface area contributed by atoms with Crippen LogP contribution in [0.2, 0.25) is 0 Å². The van der Waals surface area contributed by atoms with Gasteiger partial charge >= 0.3 is 5.97 Å². The molecule has 1 heterocycles. The lowest BCUT2D eigenvalue weighted by Crippen LogP contribution is -2.02. The van der Waals surface area contributed by atoms with Gasteiger partial charge in [0, 0.05) is 24.3 Å². The van der Waals surface area contributed by atoms with Crippen molar-refractivity contribution in [1.29, 1.82) is 0 Å². The molecule has 1 aromatic heterocycles. The molecule has 0 bridgehead atoms. The van der Waals surface area contributed by atoms with Gasteiger partial charge in [-0.05, 0) is 24.3 Å². The number of benzene rings is 1. The quantitative estimate of drug-likeness (QED) is 0.802. The maximum Gasteiger partial charge on any atom is 0.337 e. The number of nitrogens with zero attached hydrogens (tertiary/aromatic N) is 1. The number of methoxy groups -OCH3 is 1. The Morgan fingerprint density at radius 1 is 1.26 bits per heavy atom. The molecule has 2 aromatic rings. The molecule has 0 amide bonds. The number of carbonyl (C=O) groups excluding carboxylic acids is 1. The van der Waals surface area contributed by atoms with E-state index in [-0.39, 0.29) is 4.90 Å². The predicted molar refractivity (Wildman–Crippen MR) is 70.2 cm³/mol. The summed E-state index contributed by atoms with van der Waals surface area (Å²) in [5.41, 5.74) is 1.10. The molecule has 0 atom stereocenters. The third-order valence-corrected chi connectivity index (χ3v) is 3.76. The summed E-state index contributed by atoms with van der Waals surface area (Å²) in [6, 6.07) is 8.27. The lowest BCUT2D eigenvalue weighted by molar-refractivity contribution is 0.0600. The average molecular weight is 279 g/mol. The molecule has 100 valence electrons. The lowest BCUT2D eigenvalue weighted by Gasteiger charge is -2.05. The zero-order chi connectivity index (χ0) is 14.0. The molecule has 0 aliphatic rings. The van der Waals surface area contributed by atoms with Gasteiger partial charge in [-0.15, -0.1) is 0 Å². The molecular weight excluding hydrogens is 266 g/mol. The Morgan fingerprint density at radius 3 is 2.58 bits per heavy atom. The highest BCUT2D eigenvalue weighted by atomic mass is 32.2. The summed E-state index contributed by atoms with van der Waals surface area (Å²) in [6.45, 7) is 0. The van der Waals surface area contributed by atoms with Crippen LogP contribution in [0.15, 0.2) is 47.6 Å². The highest BCUT2D eigenvalue weighted by molar-refractivity contribution is 7.90. The van der Waals surface area contributed by atoms with Gasteiger partial charge < -0.3 is 9.30 Å². The van der Waals surface area contributed by atoms with Crippen molar-refractivity contribution in [3.05, 3.63) is 48.3 Å². The van der Waals surface area contributed by atoms with Crippen LogP contribution in [0.4, 0.5) is 0 Å². The number of sulfone groups is 1. The van der Waals surface area contributed by atoms with Crippen molar-refractivity contribution in [1.82, 2.24) is 4.57 Å². The molecule has 19 heavy (non-hydrogen) atoms. The summed E-state index contributed by atoms with van der Waals surface area (Å²) in [5.74, 6) is -0.433. The summed E-state index contributed by atoms with van der Waals surface area (Å²) < 4.78 is 29.1. The van der Waals surface area contributed by atoms with Crippen molar-refractivity contribution in [2.45, 2.75) is 4.90 Å². The van der Waals surface area contributed by atoms with Gasteiger partial charge in [0.05, 0.1) is 17.6 Å². The minimum atomic E-state index is -3.23. The molecule has 1 aromatic carbocycles. The Bertz CT molecular complexity index is 716. The van der Waals surface area contributed by atoms with Crippen molar-refractivity contribution in [3.8, 4) is 5.69 Å². The lowest BCUT2D eigenvalue weighted by atomic mass is 10.2. The summed E-state index contributed by atoms with van der Waals surface area (Å²) >= 11 is 0. The standard InChI is InChI=1S/C13H13NO4S/c1-18-13(15)10-4-3-5-11(8-10)14-7-6-12(9-14)19(2,16)17/h3-9H,1-2H3. The van der Waals surface area contributed by atoms with Gasteiger partial charge in [-0.1, -0.05) is 6.07 Å². The second-order valence-electron chi connectivity index (χ2n) is 4.07. The fourth-order valence-electron chi connectivity index (χ4n) is 1.67. The fourth-order valence-corrected chi connectivity index (χ4v) is 2.28. The summed E-state index contributed by atoms with van der Waals surface area (Å²) in [7, 11) is -1.92. The van der Waals surface area contributed by atoms with Crippen LogP contribution in [0.5, 0.6) is 0 Å². The van der Waals surface area contributed by atoms with Crippen LogP contribution in [0, 0.1) is 0 Å². The average Bonchev–Trinajstić information content (AvgIpc) is 2.87. The van der Waals surface area contributed by atoms with E-state index in [0.29, 0.717) is 11.3 Å². The van der Waals surface area contributed by atoms with Crippen LogP contribution in [-0.2, 0) is 14.6 Å². The van der Waals surface area contributed by atoms with Gasteiger partial charge in [0.2, 0.25) is 0 Å². The molecule has 0 N–H and O–H groups in total. The summed E-state index contributed by atoms with van der Waals surface area (Å²) in [6.07, 6.45) is 4.29. The maximum absolute atomic E-state index is 11.4. The van der Waals surface area contributed by atoms with E-state index in [9.17, 15) is 13.2 Å². The normalized spacial score (nSPS) is 11.3. The summed E-state index contributed by atoms with van der Waals surface area (Å²) in [5, 5.41) is 0. The molecule has 2 rings (SSSR count). The first-order valence-corrected chi connectivity index (χ1v) is 7.38. The minimum absolute atomic E-state index is 0.232.